The molecule has 1 unspecified atom stereocenters. The van der Waals surface area contributed by atoms with Crippen LogP contribution in [-0.2, 0) is 5.41 Å². The molecular formula is C54H48N4OSe. The number of hydrogen-bond acceptors (Lipinski definition) is 4. The summed E-state index contributed by atoms with van der Waals surface area (Å²) in [7, 11) is 0. The average molecular weight is 848 g/mol. The molecule has 8 aromatic rings. The molecule has 0 bridgehead atoms. The van der Waals surface area contributed by atoms with Crippen molar-refractivity contribution >= 4 is 57.0 Å². The summed E-state index contributed by atoms with van der Waals surface area (Å²) in [6.07, 6.45) is 7.79. The molecule has 0 amide bonds. The molecule has 5 nitrogen and oxygen atoms in total. The van der Waals surface area contributed by atoms with Gasteiger partial charge in [0.15, 0.2) is 0 Å². The zero-order valence-corrected chi connectivity index (χ0v) is 36.5. The van der Waals surface area contributed by atoms with Crippen LogP contribution < -0.4 is 19.0 Å². The number of pyridine rings is 1. The van der Waals surface area contributed by atoms with Crippen LogP contribution in [0.2, 0.25) is 11.6 Å². The molecule has 3 aliphatic rings. The minimum atomic E-state index is -2.09. The maximum absolute atomic E-state index is 7.00. The van der Waals surface area contributed by atoms with E-state index in [4.69, 9.17) is 9.72 Å². The number of nitrogens with zero attached hydrogens (tertiary/aromatic N) is 4. The molecular weight excluding hydrogens is 800 g/mol. The fourth-order valence-electron chi connectivity index (χ4n) is 9.74. The second-order valence-electron chi connectivity index (χ2n) is 17.7. The molecule has 0 spiro atoms. The van der Waals surface area contributed by atoms with Crippen LogP contribution in [-0.4, -0.2) is 29.1 Å². The molecule has 1 atom stereocenters. The van der Waals surface area contributed by atoms with Crippen LogP contribution in [0.5, 0.6) is 11.5 Å². The first-order chi connectivity index (χ1) is 29.1. The summed E-state index contributed by atoms with van der Waals surface area (Å²) in [4.78, 5) is 10.4. The quantitative estimate of drug-likeness (QED) is 0.150. The number of para-hydroxylation sites is 3. The standard InChI is InChI=1S/C54H48N4OSe/c1-54(2,3)38-29-30-55-50(31-38)58-46-27-16-28-48-51(46)52-47(58)33-41(34-49(52)60(48,4)5)59-40-22-14-21-39(32-40)56-35-57(45-26-13-12-25-44(45)56)53-42(36-17-8-6-9-18-36)23-15-24-43(53)37-19-10-7-11-20-37/h6-27,29-34,48H,28,35H2,1-5H3. The van der Waals surface area contributed by atoms with Crippen LogP contribution >= 0.6 is 0 Å². The summed E-state index contributed by atoms with van der Waals surface area (Å²) in [5.74, 6) is 7.78. The molecule has 6 aromatic carbocycles. The minimum absolute atomic E-state index is 0.0126. The van der Waals surface area contributed by atoms with Gasteiger partial charge in [-0.3, -0.25) is 0 Å². The van der Waals surface area contributed by atoms with Gasteiger partial charge < -0.3 is 0 Å². The van der Waals surface area contributed by atoms with Crippen LogP contribution in [0.25, 0.3) is 45.1 Å². The number of anilines is 4. The third-order valence-electron chi connectivity index (χ3n) is 12.7. The van der Waals surface area contributed by atoms with Crippen LogP contribution in [0.1, 0.15) is 48.8 Å². The van der Waals surface area contributed by atoms with Gasteiger partial charge in [-0.15, -0.1) is 0 Å². The van der Waals surface area contributed by atoms with Crippen molar-refractivity contribution in [2.45, 2.75) is 49.1 Å². The Kier molecular flexibility index (Phi) is 8.49. The number of benzene rings is 6. The van der Waals surface area contributed by atoms with Gasteiger partial charge in [-0.25, -0.2) is 0 Å². The van der Waals surface area contributed by atoms with Gasteiger partial charge in [-0.1, -0.05) is 78.9 Å². The maximum atomic E-state index is 7.00. The molecule has 0 fully saturated rings. The van der Waals surface area contributed by atoms with Gasteiger partial charge >= 0.3 is 267 Å². The third-order valence-corrected chi connectivity index (χ3v) is 19.7. The van der Waals surface area contributed by atoms with Gasteiger partial charge in [0.25, 0.3) is 0 Å². The number of ether oxygens (including phenoxy) is 1. The van der Waals surface area contributed by atoms with Gasteiger partial charge in [0.05, 0.1) is 0 Å². The van der Waals surface area contributed by atoms with E-state index in [1.54, 1.807) is 0 Å². The van der Waals surface area contributed by atoms with Crippen molar-refractivity contribution in [1.82, 2.24) is 9.55 Å². The molecule has 60 heavy (non-hydrogen) atoms. The van der Waals surface area contributed by atoms with Crippen molar-refractivity contribution in [3.63, 3.8) is 0 Å². The molecule has 1 aliphatic carbocycles. The summed E-state index contributed by atoms with van der Waals surface area (Å²) in [6.45, 7) is 7.46. The Bertz CT molecular complexity index is 2940. The van der Waals surface area contributed by atoms with Crippen molar-refractivity contribution in [2.75, 3.05) is 16.5 Å². The Labute approximate surface area is 355 Å². The second kappa shape index (κ2) is 13.9. The Hall–Kier alpha value is -6.33. The summed E-state index contributed by atoms with van der Waals surface area (Å²) < 4.78 is 10.9. The van der Waals surface area contributed by atoms with Crippen LogP contribution in [0.3, 0.4) is 0 Å². The van der Waals surface area contributed by atoms with Crippen molar-refractivity contribution in [3.8, 4) is 39.6 Å². The molecule has 0 saturated heterocycles. The van der Waals surface area contributed by atoms with Crippen molar-refractivity contribution in [1.29, 1.82) is 0 Å². The van der Waals surface area contributed by atoms with Gasteiger partial charge in [-0.05, 0) is 11.1 Å². The van der Waals surface area contributed by atoms with E-state index in [2.05, 4.69) is 211 Å². The van der Waals surface area contributed by atoms with E-state index in [1.807, 2.05) is 6.20 Å². The molecule has 11 rings (SSSR count). The topological polar surface area (TPSA) is 33.5 Å². The van der Waals surface area contributed by atoms with E-state index in [0.717, 1.165) is 35.1 Å². The van der Waals surface area contributed by atoms with Gasteiger partial charge in [0.1, 0.15) is 0 Å². The Morgan fingerprint density at radius 2 is 1.33 bits per heavy atom. The predicted molar refractivity (Wildman–Crippen MR) is 253 cm³/mol. The van der Waals surface area contributed by atoms with E-state index in [-0.39, 0.29) is 5.41 Å². The molecule has 2 aromatic heterocycles. The number of aromatic nitrogens is 2. The first-order valence-corrected chi connectivity index (χ1v) is 26.2. The zero-order valence-electron chi connectivity index (χ0n) is 34.8. The molecule has 2 aliphatic heterocycles. The van der Waals surface area contributed by atoms with E-state index < -0.39 is 12.8 Å². The number of hydrogen-bond donors (Lipinski definition) is 0. The van der Waals surface area contributed by atoms with Gasteiger partial charge in [0, 0.05) is 0 Å². The molecule has 0 saturated carbocycles. The fraction of sp³-hybridized carbons (Fsp3) is 0.167. The Morgan fingerprint density at radius 3 is 2.03 bits per heavy atom. The molecule has 296 valence electrons. The third kappa shape index (κ3) is 5.84. The van der Waals surface area contributed by atoms with E-state index in [9.17, 15) is 0 Å². The van der Waals surface area contributed by atoms with Gasteiger partial charge in [0.2, 0.25) is 0 Å². The second-order valence-corrected chi connectivity index (χ2v) is 25.7. The molecule has 0 N–H and O–H groups in total. The SMILES string of the molecule is CC(C)(C)c1ccnc(-n2c3c4c5c(cc(Oc6cccc(N7CN(c8c(-c9ccccc9)cccc8-c8ccccc8)c8ccccc87)c6)cc52)[Se](C)(C)C4CC=C3)c1. The first kappa shape index (κ1) is 36.7. The normalized spacial score (nSPS) is 16.6. The number of rotatable bonds is 7. The number of allylic oxidation sites excluding steroid dienone is 1. The molecule has 0 radical (unpaired) electrons. The van der Waals surface area contributed by atoms with Crippen LogP contribution in [0, 0.1) is 0 Å². The first-order valence-electron chi connectivity index (χ1n) is 20.9. The van der Waals surface area contributed by atoms with Crippen LogP contribution in [0.15, 0.2) is 164 Å². The Balaban J connectivity index is 1.00. The van der Waals surface area contributed by atoms with Crippen molar-refractivity contribution in [3.05, 3.63) is 181 Å². The van der Waals surface area contributed by atoms with Crippen molar-refractivity contribution in [2.24, 2.45) is 0 Å². The summed E-state index contributed by atoms with van der Waals surface area (Å²) in [5.41, 5.74) is 14.7. The van der Waals surface area contributed by atoms with E-state index >= 15 is 0 Å². The summed E-state index contributed by atoms with van der Waals surface area (Å²) in [6, 6.07) is 54.7. The summed E-state index contributed by atoms with van der Waals surface area (Å²) in [5, 5.41) is 1.42. The van der Waals surface area contributed by atoms with E-state index in [0.29, 0.717) is 11.5 Å². The molecule has 4 heterocycles. The van der Waals surface area contributed by atoms with Crippen LogP contribution in [0.4, 0.5) is 22.7 Å². The average Bonchev–Trinajstić information content (AvgIpc) is 3.90. The predicted octanol–water partition coefficient (Wildman–Crippen LogP) is 13.7. The monoisotopic (exact) mass is 848 g/mol. The Morgan fingerprint density at radius 1 is 0.667 bits per heavy atom. The molecule has 6 heteroatoms. The summed E-state index contributed by atoms with van der Waals surface area (Å²) >= 11 is -2.09. The zero-order chi connectivity index (χ0) is 40.8. The van der Waals surface area contributed by atoms with E-state index in [1.165, 1.54) is 65.8 Å². The van der Waals surface area contributed by atoms with Crippen molar-refractivity contribution < 1.29 is 4.74 Å². The fourth-order valence-corrected chi connectivity index (χ4v) is 15.8. The van der Waals surface area contributed by atoms with Gasteiger partial charge in [-0.2, -0.15) is 0 Å². The number of fused-ring (bicyclic) bond motifs is 1.